The number of amides is 1. The van der Waals surface area contributed by atoms with Crippen molar-refractivity contribution in [1.29, 1.82) is 0 Å². The maximum absolute atomic E-state index is 13.0. The van der Waals surface area contributed by atoms with E-state index in [-0.39, 0.29) is 11.3 Å². The summed E-state index contributed by atoms with van der Waals surface area (Å²) in [5.74, 6) is -1.68. The molecule has 1 aromatic heterocycles. The van der Waals surface area contributed by atoms with E-state index in [9.17, 15) is 14.7 Å². The van der Waals surface area contributed by atoms with E-state index in [4.69, 9.17) is 23.2 Å². The van der Waals surface area contributed by atoms with Crippen LogP contribution in [-0.2, 0) is 9.59 Å². The molecule has 0 spiro atoms. The van der Waals surface area contributed by atoms with Crippen LogP contribution < -0.4 is 4.90 Å². The summed E-state index contributed by atoms with van der Waals surface area (Å²) in [5.41, 5.74) is 1.88. The maximum atomic E-state index is 13.0. The topological polar surface area (TPSA) is 57.6 Å². The zero-order chi connectivity index (χ0) is 20.7. The lowest BCUT2D eigenvalue weighted by Crippen LogP contribution is -2.29. The highest BCUT2D eigenvalue weighted by Gasteiger charge is 2.47. The second kappa shape index (κ2) is 7.67. The number of benzene rings is 2. The minimum Gasteiger partial charge on any atom is -0.507 e. The average Bonchev–Trinajstić information content (AvgIpc) is 3.23. The van der Waals surface area contributed by atoms with Gasteiger partial charge in [0.1, 0.15) is 11.8 Å². The summed E-state index contributed by atoms with van der Waals surface area (Å²) in [4.78, 5) is 28.2. The summed E-state index contributed by atoms with van der Waals surface area (Å²) in [5, 5.41) is 13.8. The molecule has 1 aliphatic heterocycles. The third-order valence-electron chi connectivity index (χ3n) is 4.80. The molecule has 1 saturated heterocycles. The van der Waals surface area contributed by atoms with Gasteiger partial charge < -0.3 is 5.11 Å². The van der Waals surface area contributed by atoms with E-state index < -0.39 is 17.7 Å². The number of nitrogens with zero attached hydrogens (tertiary/aromatic N) is 1. The van der Waals surface area contributed by atoms with Crippen molar-refractivity contribution in [2.45, 2.75) is 13.0 Å². The van der Waals surface area contributed by atoms with Crippen LogP contribution in [0, 0.1) is 6.92 Å². The number of hydrogen-bond donors (Lipinski definition) is 1. The van der Waals surface area contributed by atoms with E-state index in [0.29, 0.717) is 21.3 Å². The van der Waals surface area contributed by atoms with Crippen LogP contribution in [0.15, 0.2) is 65.6 Å². The number of carbonyl (C=O) groups is 2. The largest absolute Gasteiger partial charge is 0.507 e. The molecule has 1 fully saturated rings. The first-order valence-corrected chi connectivity index (χ1v) is 10.4. The number of rotatable bonds is 3. The summed E-state index contributed by atoms with van der Waals surface area (Å²) >= 11 is 13.5. The van der Waals surface area contributed by atoms with Crippen molar-refractivity contribution in [2.24, 2.45) is 0 Å². The van der Waals surface area contributed by atoms with Gasteiger partial charge in [-0.1, -0.05) is 29.3 Å². The van der Waals surface area contributed by atoms with Gasteiger partial charge in [-0.05, 0) is 66.4 Å². The zero-order valence-corrected chi connectivity index (χ0v) is 17.6. The Kier molecular flexibility index (Phi) is 5.21. The molecule has 29 heavy (non-hydrogen) atoms. The van der Waals surface area contributed by atoms with E-state index in [1.807, 2.05) is 18.4 Å². The van der Waals surface area contributed by atoms with Gasteiger partial charge in [-0.3, -0.25) is 14.5 Å². The molecule has 2 heterocycles. The van der Waals surface area contributed by atoms with Gasteiger partial charge in [-0.25, -0.2) is 0 Å². The first-order chi connectivity index (χ1) is 13.9. The van der Waals surface area contributed by atoms with Gasteiger partial charge in [-0.15, -0.1) is 11.3 Å². The molecule has 4 nitrogen and oxygen atoms in total. The molecular weight excluding hydrogens is 429 g/mol. The summed E-state index contributed by atoms with van der Waals surface area (Å²) in [6.45, 7) is 1.91. The summed E-state index contributed by atoms with van der Waals surface area (Å²) in [7, 11) is 0. The number of thiophene rings is 1. The molecule has 1 atom stereocenters. The van der Waals surface area contributed by atoms with Crippen molar-refractivity contribution in [1.82, 2.24) is 0 Å². The smallest absolute Gasteiger partial charge is 0.300 e. The van der Waals surface area contributed by atoms with Crippen LogP contribution in [0.1, 0.15) is 22.0 Å². The van der Waals surface area contributed by atoms with E-state index >= 15 is 0 Å². The molecule has 1 aliphatic rings. The SMILES string of the molecule is Cc1ccsc1C1/C(=C(/O)c2ccc(Cl)cc2)C(=O)C(=O)N1c1cccc(Cl)c1. The average molecular weight is 444 g/mol. The highest BCUT2D eigenvalue weighted by molar-refractivity contribution is 7.10. The molecule has 0 bridgehead atoms. The van der Waals surface area contributed by atoms with Crippen LogP contribution in [-0.4, -0.2) is 16.8 Å². The molecular formula is C22H15Cl2NO3S. The Hall–Kier alpha value is -2.60. The Bertz CT molecular complexity index is 1150. The van der Waals surface area contributed by atoms with Crippen LogP contribution in [0.3, 0.4) is 0 Å². The number of ketones is 1. The monoisotopic (exact) mass is 443 g/mol. The normalized spacial score (nSPS) is 18.4. The van der Waals surface area contributed by atoms with Crippen molar-refractivity contribution < 1.29 is 14.7 Å². The van der Waals surface area contributed by atoms with Crippen molar-refractivity contribution in [3.8, 4) is 0 Å². The van der Waals surface area contributed by atoms with Gasteiger partial charge in [0.2, 0.25) is 0 Å². The number of carbonyl (C=O) groups excluding carboxylic acids is 2. The van der Waals surface area contributed by atoms with Gasteiger partial charge in [0.05, 0.1) is 5.57 Å². The minimum absolute atomic E-state index is 0.0443. The third-order valence-corrected chi connectivity index (χ3v) is 6.36. The van der Waals surface area contributed by atoms with Gasteiger partial charge in [-0.2, -0.15) is 0 Å². The van der Waals surface area contributed by atoms with Crippen molar-refractivity contribution >= 4 is 57.7 Å². The summed E-state index contributed by atoms with van der Waals surface area (Å²) in [6.07, 6.45) is 0. The number of hydrogen-bond acceptors (Lipinski definition) is 4. The van der Waals surface area contributed by atoms with Crippen LogP contribution in [0.5, 0.6) is 0 Å². The van der Waals surface area contributed by atoms with Gasteiger partial charge >= 0.3 is 0 Å². The van der Waals surface area contributed by atoms with E-state index in [2.05, 4.69) is 0 Å². The third kappa shape index (κ3) is 3.46. The van der Waals surface area contributed by atoms with Crippen LogP contribution in [0.2, 0.25) is 10.0 Å². The molecule has 2 aromatic carbocycles. The first kappa shape index (κ1) is 19.7. The Morgan fingerprint density at radius 3 is 2.38 bits per heavy atom. The quantitative estimate of drug-likeness (QED) is 0.307. The predicted octanol–water partition coefficient (Wildman–Crippen LogP) is 5.99. The Morgan fingerprint density at radius 1 is 1.03 bits per heavy atom. The molecule has 3 aromatic rings. The molecule has 0 aliphatic carbocycles. The maximum Gasteiger partial charge on any atom is 0.300 e. The van der Waals surface area contributed by atoms with Crippen molar-refractivity contribution in [3.05, 3.63) is 91.6 Å². The number of Topliss-reactive ketones (excluding diaryl/α,β-unsaturated/α-hetero) is 1. The summed E-state index contributed by atoms with van der Waals surface area (Å²) in [6, 6.07) is 14.4. The Morgan fingerprint density at radius 2 is 1.76 bits per heavy atom. The van der Waals surface area contributed by atoms with E-state index in [1.54, 1.807) is 48.5 Å². The molecule has 1 amide bonds. The lowest BCUT2D eigenvalue weighted by atomic mass is 9.98. The van der Waals surface area contributed by atoms with Gasteiger partial charge in [0.25, 0.3) is 11.7 Å². The summed E-state index contributed by atoms with van der Waals surface area (Å²) < 4.78 is 0. The molecule has 7 heteroatoms. The number of halogens is 2. The highest BCUT2D eigenvalue weighted by Crippen LogP contribution is 2.45. The van der Waals surface area contributed by atoms with E-state index in [0.717, 1.165) is 10.4 Å². The van der Waals surface area contributed by atoms with E-state index in [1.165, 1.54) is 16.2 Å². The first-order valence-electron chi connectivity index (χ1n) is 8.75. The Balaban J connectivity index is 1.96. The van der Waals surface area contributed by atoms with Crippen molar-refractivity contribution in [3.63, 3.8) is 0 Å². The standard InChI is InChI=1S/C22H15Cl2NO3S/c1-12-9-10-29-21(12)18-17(19(26)13-5-7-14(23)8-6-13)20(27)22(28)25(18)16-4-2-3-15(24)11-16/h2-11,18,26H,1H3/b19-17-. The molecule has 0 radical (unpaired) electrons. The molecule has 1 N–H and O–H groups in total. The minimum atomic E-state index is -0.746. The lowest BCUT2D eigenvalue weighted by molar-refractivity contribution is -0.132. The zero-order valence-electron chi connectivity index (χ0n) is 15.2. The molecule has 0 saturated carbocycles. The lowest BCUT2D eigenvalue weighted by Gasteiger charge is -2.25. The predicted molar refractivity (Wildman–Crippen MR) is 117 cm³/mol. The van der Waals surface area contributed by atoms with Crippen molar-refractivity contribution in [2.75, 3.05) is 4.90 Å². The van der Waals surface area contributed by atoms with Crippen LogP contribution >= 0.6 is 34.5 Å². The number of aliphatic hydroxyl groups is 1. The molecule has 4 rings (SSSR count). The van der Waals surface area contributed by atoms with Gasteiger partial charge in [0.15, 0.2) is 0 Å². The van der Waals surface area contributed by atoms with Crippen LogP contribution in [0.4, 0.5) is 5.69 Å². The van der Waals surface area contributed by atoms with Crippen LogP contribution in [0.25, 0.3) is 5.76 Å². The van der Waals surface area contributed by atoms with Gasteiger partial charge in [0, 0.05) is 26.2 Å². The number of aryl methyl sites for hydroxylation is 1. The highest BCUT2D eigenvalue weighted by atomic mass is 35.5. The fraction of sp³-hybridized carbons (Fsp3) is 0.0909. The fourth-order valence-corrected chi connectivity index (χ4v) is 4.74. The number of aliphatic hydroxyl groups excluding tert-OH is 1. The second-order valence-corrected chi connectivity index (χ2v) is 8.44. The molecule has 1 unspecified atom stereocenters. The second-order valence-electron chi connectivity index (χ2n) is 6.62. The molecule has 146 valence electrons. The number of anilines is 1. The fourth-order valence-electron chi connectivity index (χ4n) is 3.40. The Labute approximate surface area is 181 Å².